The molecule has 0 radical (unpaired) electrons. The topological polar surface area (TPSA) is 60.0 Å². The van der Waals surface area contributed by atoms with E-state index in [1.54, 1.807) is 4.68 Å². The van der Waals surface area contributed by atoms with Gasteiger partial charge in [-0.05, 0) is 13.1 Å². The maximum atomic E-state index is 5.42. The van der Waals surface area contributed by atoms with E-state index in [4.69, 9.17) is 5.73 Å². The van der Waals surface area contributed by atoms with E-state index in [2.05, 4.69) is 29.1 Å². The van der Waals surface area contributed by atoms with Crippen LogP contribution >= 0.6 is 0 Å². The fourth-order valence-corrected chi connectivity index (χ4v) is 1.33. The molecular weight excluding hydrogens is 178 g/mol. The van der Waals surface area contributed by atoms with Gasteiger partial charge in [0.15, 0.2) is 0 Å². The van der Waals surface area contributed by atoms with Crippen LogP contribution in [0, 0.1) is 0 Å². The minimum Gasteiger partial charge on any atom is -0.329 e. The summed E-state index contributed by atoms with van der Waals surface area (Å²) in [4.78, 5) is 2.30. The Balaban J connectivity index is 2.49. The van der Waals surface area contributed by atoms with Gasteiger partial charge in [-0.15, -0.1) is 5.10 Å². The highest BCUT2D eigenvalue weighted by molar-refractivity contribution is 4.91. The van der Waals surface area contributed by atoms with Gasteiger partial charge in [0.1, 0.15) is 0 Å². The molecule has 2 N–H and O–H groups in total. The maximum absolute atomic E-state index is 5.42. The normalized spacial score (nSPS) is 11.1. The molecule has 0 aliphatic heterocycles. The van der Waals surface area contributed by atoms with Gasteiger partial charge in [-0.2, -0.15) is 0 Å². The summed E-state index contributed by atoms with van der Waals surface area (Å²) in [5.41, 5.74) is 6.44. The molecular formula is C9H19N5. The van der Waals surface area contributed by atoms with Crippen LogP contribution in [0.1, 0.15) is 19.5 Å². The Morgan fingerprint density at radius 2 is 2.14 bits per heavy atom. The van der Waals surface area contributed by atoms with Crippen LogP contribution in [0.2, 0.25) is 0 Å². The van der Waals surface area contributed by atoms with Crippen LogP contribution in [0.25, 0.3) is 0 Å². The Hall–Kier alpha value is -0.940. The lowest BCUT2D eigenvalue weighted by Crippen LogP contribution is -2.22. The molecule has 0 spiro atoms. The van der Waals surface area contributed by atoms with Crippen LogP contribution in [0.5, 0.6) is 0 Å². The number of rotatable bonds is 6. The molecule has 0 aliphatic carbocycles. The largest absolute Gasteiger partial charge is 0.329 e. The lowest BCUT2D eigenvalue weighted by Gasteiger charge is -2.15. The molecule has 1 aromatic rings. The van der Waals surface area contributed by atoms with Crippen LogP contribution in [0.15, 0.2) is 6.20 Å². The Morgan fingerprint density at radius 3 is 2.71 bits per heavy atom. The van der Waals surface area contributed by atoms with Crippen LogP contribution < -0.4 is 5.73 Å². The lowest BCUT2D eigenvalue weighted by molar-refractivity contribution is 0.292. The number of nitrogens with zero attached hydrogens (tertiary/aromatic N) is 4. The van der Waals surface area contributed by atoms with Crippen molar-refractivity contribution in [2.24, 2.45) is 5.73 Å². The Labute approximate surface area is 84.9 Å². The summed E-state index contributed by atoms with van der Waals surface area (Å²) < 4.78 is 1.79. The van der Waals surface area contributed by atoms with Gasteiger partial charge < -0.3 is 5.73 Å². The molecule has 0 saturated carbocycles. The fraction of sp³-hybridized carbons (Fsp3) is 0.778. The molecule has 1 rings (SSSR count). The summed E-state index contributed by atoms with van der Waals surface area (Å²) in [6.45, 7) is 8.60. The van der Waals surface area contributed by atoms with Crippen LogP contribution in [0.4, 0.5) is 0 Å². The highest BCUT2D eigenvalue weighted by Crippen LogP contribution is 1.99. The van der Waals surface area contributed by atoms with Gasteiger partial charge >= 0.3 is 0 Å². The third-order valence-corrected chi connectivity index (χ3v) is 2.22. The van der Waals surface area contributed by atoms with Crippen molar-refractivity contribution < 1.29 is 0 Å². The first-order valence-corrected chi connectivity index (χ1v) is 5.11. The van der Waals surface area contributed by atoms with Crippen molar-refractivity contribution in [3.8, 4) is 0 Å². The molecule has 0 unspecified atom stereocenters. The Bertz CT molecular complexity index is 253. The van der Waals surface area contributed by atoms with Gasteiger partial charge in [-0.1, -0.05) is 19.1 Å². The second-order valence-corrected chi connectivity index (χ2v) is 3.22. The van der Waals surface area contributed by atoms with Crippen molar-refractivity contribution in [3.05, 3.63) is 11.9 Å². The summed E-state index contributed by atoms with van der Waals surface area (Å²) in [5, 5.41) is 8.07. The van der Waals surface area contributed by atoms with E-state index in [0.29, 0.717) is 6.54 Å². The van der Waals surface area contributed by atoms with Gasteiger partial charge in [0.25, 0.3) is 0 Å². The molecule has 5 nitrogen and oxygen atoms in total. The molecule has 0 aliphatic rings. The van der Waals surface area contributed by atoms with Crippen molar-refractivity contribution in [2.75, 3.05) is 19.6 Å². The average Bonchev–Trinajstić information content (AvgIpc) is 2.63. The SMILES string of the molecule is CCN(CC)Cc1cn(CCN)nn1. The van der Waals surface area contributed by atoms with E-state index >= 15 is 0 Å². The van der Waals surface area contributed by atoms with Crippen molar-refractivity contribution in [2.45, 2.75) is 26.9 Å². The Kier molecular flexibility index (Phi) is 4.55. The zero-order chi connectivity index (χ0) is 10.4. The fourth-order valence-electron chi connectivity index (χ4n) is 1.33. The first-order valence-electron chi connectivity index (χ1n) is 5.11. The summed E-state index contributed by atoms with van der Waals surface area (Å²) in [7, 11) is 0. The molecule has 5 heteroatoms. The average molecular weight is 197 g/mol. The molecule has 0 bridgehead atoms. The standard InChI is InChI=1S/C9H19N5/c1-3-13(4-2)7-9-8-14(6-5-10)12-11-9/h8H,3-7,10H2,1-2H3. The number of nitrogens with two attached hydrogens (primary N) is 1. The molecule has 1 aromatic heterocycles. The highest BCUT2D eigenvalue weighted by atomic mass is 15.4. The van der Waals surface area contributed by atoms with E-state index < -0.39 is 0 Å². The van der Waals surface area contributed by atoms with Gasteiger partial charge in [-0.25, -0.2) is 0 Å². The van der Waals surface area contributed by atoms with Gasteiger partial charge in [0, 0.05) is 19.3 Å². The summed E-state index contributed by atoms with van der Waals surface area (Å²) in [6.07, 6.45) is 1.96. The van der Waals surface area contributed by atoms with E-state index in [1.807, 2.05) is 6.20 Å². The lowest BCUT2D eigenvalue weighted by atomic mass is 10.4. The predicted octanol–water partition coefficient (Wildman–Crippen LogP) is 0.0786. The summed E-state index contributed by atoms with van der Waals surface area (Å²) in [5.74, 6) is 0. The van der Waals surface area contributed by atoms with Crippen LogP contribution in [-0.4, -0.2) is 39.5 Å². The third-order valence-electron chi connectivity index (χ3n) is 2.22. The molecule has 0 aromatic carbocycles. The number of hydrogen-bond acceptors (Lipinski definition) is 4. The first-order chi connectivity index (χ1) is 6.80. The molecule has 0 amide bonds. The van der Waals surface area contributed by atoms with Crippen molar-refractivity contribution in [1.29, 1.82) is 0 Å². The number of aromatic nitrogens is 3. The second-order valence-electron chi connectivity index (χ2n) is 3.22. The predicted molar refractivity (Wildman–Crippen MR) is 55.7 cm³/mol. The van der Waals surface area contributed by atoms with E-state index in [9.17, 15) is 0 Å². The van der Waals surface area contributed by atoms with E-state index in [0.717, 1.165) is 31.9 Å². The van der Waals surface area contributed by atoms with Crippen molar-refractivity contribution in [1.82, 2.24) is 19.9 Å². The second kappa shape index (κ2) is 5.72. The van der Waals surface area contributed by atoms with E-state index in [-0.39, 0.29) is 0 Å². The van der Waals surface area contributed by atoms with Crippen LogP contribution in [-0.2, 0) is 13.1 Å². The molecule has 0 atom stereocenters. The molecule has 1 heterocycles. The molecule has 80 valence electrons. The molecule has 0 fully saturated rings. The Morgan fingerprint density at radius 1 is 1.43 bits per heavy atom. The monoisotopic (exact) mass is 197 g/mol. The van der Waals surface area contributed by atoms with Crippen LogP contribution in [0.3, 0.4) is 0 Å². The van der Waals surface area contributed by atoms with Crippen molar-refractivity contribution in [3.63, 3.8) is 0 Å². The first kappa shape index (κ1) is 11.1. The molecule has 14 heavy (non-hydrogen) atoms. The van der Waals surface area contributed by atoms with Gasteiger partial charge in [0.05, 0.1) is 12.2 Å². The quantitative estimate of drug-likeness (QED) is 0.701. The number of hydrogen-bond donors (Lipinski definition) is 1. The van der Waals surface area contributed by atoms with E-state index in [1.165, 1.54) is 0 Å². The minimum absolute atomic E-state index is 0.605. The minimum atomic E-state index is 0.605. The summed E-state index contributed by atoms with van der Waals surface area (Å²) in [6, 6.07) is 0. The van der Waals surface area contributed by atoms with Gasteiger partial charge in [0.2, 0.25) is 0 Å². The smallest absolute Gasteiger partial charge is 0.0967 e. The zero-order valence-corrected chi connectivity index (χ0v) is 8.98. The molecule has 0 saturated heterocycles. The van der Waals surface area contributed by atoms with Gasteiger partial charge in [-0.3, -0.25) is 9.58 Å². The summed E-state index contributed by atoms with van der Waals surface area (Å²) >= 11 is 0. The van der Waals surface area contributed by atoms with Crippen molar-refractivity contribution >= 4 is 0 Å². The highest BCUT2D eigenvalue weighted by Gasteiger charge is 2.04. The third kappa shape index (κ3) is 3.08. The maximum Gasteiger partial charge on any atom is 0.0967 e. The zero-order valence-electron chi connectivity index (χ0n) is 8.98.